The summed E-state index contributed by atoms with van der Waals surface area (Å²) in [4.78, 5) is 35.6. The normalized spacial score (nSPS) is 14.1. The molecule has 1 amide bonds. The highest BCUT2D eigenvalue weighted by Gasteiger charge is 2.36. The van der Waals surface area contributed by atoms with Crippen molar-refractivity contribution in [2.45, 2.75) is 13.3 Å². The highest BCUT2D eigenvalue weighted by atomic mass is 19.1. The predicted octanol–water partition coefficient (Wildman–Crippen LogP) is 1.33. The van der Waals surface area contributed by atoms with Crippen LogP contribution in [-0.4, -0.2) is 24.0 Å². The van der Waals surface area contributed by atoms with Gasteiger partial charge < -0.3 is 0 Å². The molecule has 1 aliphatic rings. The average molecular weight is 235 g/mol. The number of carbonyl (C=O) groups is 3. The van der Waals surface area contributed by atoms with E-state index in [-0.39, 0.29) is 24.3 Å². The topological polar surface area (TPSA) is 54.5 Å². The Bertz CT molecular complexity index is 524. The molecule has 0 spiro atoms. The second kappa shape index (κ2) is 4.08. The van der Waals surface area contributed by atoms with Gasteiger partial charge in [0, 0.05) is 6.42 Å². The molecule has 5 heteroatoms. The zero-order valence-electron chi connectivity index (χ0n) is 9.20. The average Bonchev–Trinajstić information content (AvgIpc) is 2.54. The van der Waals surface area contributed by atoms with Crippen molar-refractivity contribution in [2.24, 2.45) is 0 Å². The Kier molecular flexibility index (Phi) is 2.75. The fraction of sp³-hybridized carbons (Fsp3) is 0.250. The van der Waals surface area contributed by atoms with Crippen molar-refractivity contribution in [1.82, 2.24) is 0 Å². The van der Waals surface area contributed by atoms with E-state index in [9.17, 15) is 18.8 Å². The van der Waals surface area contributed by atoms with E-state index in [1.807, 2.05) is 0 Å². The monoisotopic (exact) mass is 235 g/mol. The van der Waals surface area contributed by atoms with Crippen LogP contribution < -0.4 is 4.90 Å². The standard InChI is InChI=1S/C12H10FNO3/c1-2-8(15)6-14-10-4-3-7(13)5-9(10)11(16)12(14)17/h3-5H,2,6H2,1H3. The Morgan fingerprint density at radius 1 is 1.35 bits per heavy atom. The maximum absolute atomic E-state index is 13.0. The van der Waals surface area contributed by atoms with Crippen molar-refractivity contribution in [3.8, 4) is 0 Å². The van der Waals surface area contributed by atoms with E-state index < -0.39 is 17.5 Å². The number of hydrogen-bond acceptors (Lipinski definition) is 3. The zero-order valence-corrected chi connectivity index (χ0v) is 9.20. The van der Waals surface area contributed by atoms with Gasteiger partial charge in [-0.1, -0.05) is 6.92 Å². The number of nitrogens with zero attached hydrogens (tertiary/aromatic N) is 1. The second-order valence-corrected chi connectivity index (χ2v) is 3.77. The summed E-state index contributed by atoms with van der Waals surface area (Å²) in [6.45, 7) is 1.54. The van der Waals surface area contributed by atoms with Crippen LogP contribution in [0.25, 0.3) is 0 Å². The van der Waals surface area contributed by atoms with Gasteiger partial charge >= 0.3 is 0 Å². The Morgan fingerprint density at radius 2 is 2.06 bits per heavy atom. The summed E-state index contributed by atoms with van der Waals surface area (Å²) in [5, 5.41) is 0. The van der Waals surface area contributed by atoms with Gasteiger partial charge in [-0.25, -0.2) is 4.39 Å². The van der Waals surface area contributed by atoms with Gasteiger partial charge in [-0.3, -0.25) is 19.3 Å². The van der Waals surface area contributed by atoms with Crippen molar-refractivity contribution in [3.63, 3.8) is 0 Å². The molecule has 2 rings (SSSR count). The first-order valence-corrected chi connectivity index (χ1v) is 5.22. The fourth-order valence-corrected chi connectivity index (χ4v) is 1.72. The van der Waals surface area contributed by atoms with Gasteiger partial charge in [0.1, 0.15) is 5.82 Å². The molecular weight excluding hydrogens is 225 g/mol. The number of benzene rings is 1. The summed E-state index contributed by atoms with van der Waals surface area (Å²) in [7, 11) is 0. The lowest BCUT2D eigenvalue weighted by Gasteiger charge is -2.14. The molecular formula is C12H10FNO3. The quantitative estimate of drug-likeness (QED) is 0.743. The first-order valence-electron chi connectivity index (χ1n) is 5.22. The van der Waals surface area contributed by atoms with Crippen LogP contribution in [0.5, 0.6) is 0 Å². The molecule has 17 heavy (non-hydrogen) atoms. The van der Waals surface area contributed by atoms with Gasteiger partial charge in [0.05, 0.1) is 17.8 Å². The summed E-state index contributed by atoms with van der Waals surface area (Å²) in [5.74, 6) is -2.26. The SMILES string of the molecule is CCC(=O)CN1C(=O)C(=O)c2cc(F)ccc21. The molecule has 0 bridgehead atoms. The van der Waals surface area contributed by atoms with E-state index in [1.165, 1.54) is 6.07 Å². The molecule has 88 valence electrons. The largest absolute Gasteiger partial charge is 0.299 e. The number of carbonyl (C=O) groups excluding carboxylic acids is 3. The van der Waals surface area contributed by atoms with E-state index in [0.717, 1.165) is 17.0 Å². The minimum Gasteiger partial charge on any atom is -0.298 e. The van der Waals surface area contributed by atoms with E-state index in [4.69, 9.17) is 0 Å². The summed E-state index contributed by atoms with van der Waals surface area (Å²) in [6.07, 6.45) is 0.286. The number of fused-ring (bicyclic) bond motifs is 1. The minimum atomic E-state index is -0.771. The second-order valence-electron chi connectivity index (χ2n) is 3.77. The first kappa shape index (κ1) is 11.4. The molecule has 0 fully saturated rings. The Labute approximate surface area is 97.0 Å². The van der Waals surface area contributed by atoms with Crippen LogP contribution >= 0.6 is 0 Å². The summed E-state index contributed by atoms with van der Waals surface area (Å²) in [6, 6.07) is 3.52. The van der Waals surface area contributed by atoms with Crippen LogP contribution in [0, 0.1) is 5.82 Å². The first-order chi connectivity index (χ1) is 8.04. The predicted molar refractivity (Wildman–Crippen MR) is 58.4 cm³/mol. The molecule has 0 N–H and O–H groups in total. The molecule has 1 aliphatic heterocycles. The molecule has 1 aromatic rings. The maximum Gasteiger partial charge on any atom is 0.299 e. The molecule has 0 unspecified atom stereocenters. The number of ketones is 2. The number of anilines is 1. The van der Waals surface area contributed by atoms with Crippen molar-refractivity contribution in [3.05, 3.63) is 29.6 Å². The van der Waals surface area contributed by atoms with Crippen molar-refractivity contribution in [2.75, 3.05) is 11.4 Å². The number of hydrogen-bond donors (Lipinski definition) is 0. The Balaban J connectivity index is 2.41. The van der Waals surface area contributed by atoms with Crippen LogP contribution in [-0.2, 0) is 9.59 Å². The van der Waals surface area contributed by atoms with Gasteiger partial charge in [0.2, 0.25) is 0 Å². The van der Waals surface area contributed by atoms with Crippen LogP contribution in [0.3, 0.4) is 0 Å². The molecule has 0 radical (unpaired) electrons. The molecule has 0 aliphatic carbocycles. The highest BCUT2D eigenvalue weighted by Crippen LogP contribution is 2.29. The number of amides is 1. The van der Waals surface area contributed by atoms with Crippen LogP contribution in [0.1, 0.15) is 23.7 Å². The molecule has 0 saturated heterocycles. The number of halogens is 1. The van der Waals surface area contributed by atoms with E-state index in [0.29, 0.717) is 5.69 Å². The van der Waals surface area contributed by atoms with Gasteiger partial charge in [0.25, 0.3) is 11.7 Å². The Morgan fingerprint density at radius 3 is 2.71 bits per heavy atom. The third-order valence-electron chi connectivity index (χ3n) is 2.66. The maximum atomic E-state index is 13.0. The molecule has 0 atom stereocenters. The molecule has 1 aromatic carbocycles. The van der Waals surface area contributed by atoms with Gasteiger partial charge in [-0.2, -0.15) is 0 Å². The van der Waals surface area contributed by atoms with E-state index >= 15 is 0 Å². The van der Waals surface area contributed by atoms with Crippen molar-refractivity contribution in [1.29, 1.82) is 0 Å². The summed E-state index contributed by atoms with van der Waals surface area (Å²) in [5.41, 5.74) is 0.335. The lowest BCUT2D eigenvalue weighted by Crippen LogP contribution is -2.34. The van der Waals surface area contributed by atoms with Crippen LogP contribution in [0.4, 0.5) is 10.1 Å². The minimum absolute atomic E-state index is 0.0268. The van der Waals surface area contributed by atoms with E-state index in [2.05, 4.69) is 0 Å². The summed E-state index contributed by atoms with van der Waals surface area (Å²) < 4.78 is 13.0. The van der Waals surface area contributed by atoms with Gasteiger partial charge in [0.15, 0.2) is 5.78 Å². The van der Waals surface area contributed by atoms with Gasteiger partial charge in [-0.15, -0.1) is 0 Å². The third-order valence-corrected chi connectivity index (χ3v) is 2.66. The van der Waals surface area contributed by atoms with Crippen molar-refractivity contribution >= 4 is 23.2 Å². The number of Topliss-reactive ketones (excluding diaryl/α,β-unsaturated/α-hetero) is 2. The van der Waals surface area contributed by atoms with E-state index in [1.54, 1.807) is 6.92 Å². The van der Waals surface area contributed by atoms with Gasteiger partial charge in [-0.05, 0) is 18.2 Å². The number of rotatable bonds is 3. The van der Waals surface area contributed by atoms with Crippen LogP contribution in [0.15, 0.2) is 18.2 Å². The fourth-order valence-electron chi connectivity index (χ4n) is 1.72. The molecule has 0 aromatic heterocycles. The highest BCUT2D eigenvalue weighted by molar-refractivity contribution is 6.52. The molecule has 4 nitrogen and oxygen atoms in total. The summed E-state index contributed by atoms with van der Waals surface area (Å²) >= 11 is 0. The zero-order chi connectivity index (χ0) is 12.6. The molecule has 0 saturated carbocycles. The Hall–Kier alpha value is -2.04. The van der Waals surface area contributed by atoms with Crippen molar-refractivity contribution < 1.29 is 18.8 Å². The molecule has 1 heterocycles. The lowest BCUT2D eigenvalue weighted by molar-refractivity contribution is -0.120. The third kappa shape index (κ3) is 1.84. The van der Waals surface area contributed by atoms with Crippen LogP contribution in [0.2, 0.25) is 0 Å². The lowest BCUT2D eigenvalue weighted by atomic mass is 10.1. The smallest absolute Gasteiger partial charge is 0.298 e.